The Labute approximate surface area is 93.3 Å². The summed E-state index contributed by atoms with van der Waals surface area (Å²) in [5.41, 5.74) is -1.01. The number of aliphatic hydroxyl groups is 4. The van der Waals surface area contributed by atoms with Crippen molar-refractivity contribution in [2.75, 3.05) is 0 Å². The molecule has 0 aliphatic heterocycles. The molecule has 0 unspecified atom stereocenters. The third-order valence-corrected chi connectivity index (χ3v) is 2.25. The molecule has 0 aromatic carbocycles. The molecule has 90 valence electrons. The minimum absolute atomic E-state index is 0.0763. The molecule has 0 saturated carbocycles. The molecule has 3 atom stereocenters. The van der Waals surface area contributed by atoms with Crippen LogP contribution >= 0.6 is 0 Å². The van der Waals surface area contributed by atoms with Gasteiger partial charge >= 0.3 is 0 Å². The molecule has 0 saturated heterocycles. The van der Waals surface area contributed by atoms with Gasteiger partial charge in [0.1, 0.15) is 18.3 Å². The number of carbonyl (C=O) groups excluding carboxylic acids is 1. The second-order valence-electron chi connectivity index (χ2n) is 4.40. The molecule has 1 aliphatic rings. The van der Waals surface area contributed by atoms with Crippen molar-refractivity contribution in [2.45, 2.75) is 37.8 Å². The Morgan fingerprint density at radius 2 is 1.88 bits per heavy atom. The van der Waals surface area contributed by atoms with Crippen LogP contribution in [0.1, 0.15) is 13.8 Å². The molecule has 0 heterocycles. The average Bonchev–Trinajstić information content (AvgIpc) is 2.17. The number of carbonyl (C=O) groups is 1. The van der Waals surface area contributed by atoms with Crippen molar-refractivity contribution < 1.29 is 25.2 Å². The van der Waals surface area contributed by atoms with Gasteiger partial charge < -0.3 is 20.4 Å². The number of Topliss-reactive ketones (excluding diaryl/α,β-unsaturated/α-hetero) is 1. The molecule has 16 heavy (non-hydrogen) atoms. The highest BCUT2D eigenvalue weighted by atomic mass is 16.4. The lowest BCUT2D eigenvalue weighted by Gasteiger charge is -2.25. The minimum Gasteiger partial charge on any atom is -0.387 e. The van der Waals surface area contributed by atoms with Crippen molar-refractivity contribution in [1.29, 1.82) is 0 Å². The van der Waals surface area contributed by atoms with E-state index < -0.39 is 29.7 Å². The highest BCUT2D eigenvalue weighted by molar-refractivity contribution is 6.02. The Hall–Kier alpha value is -1.01. The third-order valence-electron chi connectivity index (χ3n) is 2.25. The fourth-order valence-corrected chi connectivity index (χ4v) is 1.31. The van der Waals surface area contributed by atoms with E-state index >= 15 is 0 Å². The molecule has 1 aliphatic carbocycles. The lowest BCUT2D eigenvalue weighted by Crippen LogP contribution is -2.45. The van der Waals surface area contributed by atoms with Crippen LogP contribution in [0.4, 0.5) is 0 Å². The zero-order valence-electron chi connectivity index (χ0n) is 9.16. The summed E-state index contributed by atoms with van der Waals surface area (Å²) in [6, 6.07) is 0. The number of rotatable bonds is 2. The molecule has 0 amide bonds. The Morgan fingerprint density at radius 3 is 2.38 bits per heavy atom. The Bertz CT molecular complexity index is 337. The monoisotopic (exact) mass is 228 g/mol. The van der Waals surface area contributed by atoms with Crippen molar-refractivity contribution in [3.8, 4) is 0 Å². The summed E-state index contributed by atoms with van der Waals surface area (Å²) in [6.45, 7) is 3.05. The molecule has 0 aromatic heterocycles. The van der Waals surface area contributed by atoms with E-state index in [4.69, 9.17) is 0 Å². The summed E-state index contributed by atoms with van der Waals surface area (Å²) in [4.78, 5) is 11.5. The van der Waals surface area contributed by atoms with E-state index in [-0.39, 0.29) is 5.57 Å². The topological polar surface area (TPSA) is 98.0 Å². The second kappa shape index (κ2) is 4.47. The highest BCUT2D eigenvalue weighted by Crippen LogP contribution is 2.18. The molecule has 0 fully saturated rings. The van der Waals surface area contributed by atoms with E-state index in [1.807, 2.05) is 0 Å². The summed E-state index contributed by atoms with van der Waals surface area (Å²) >= 11 is 0. The highest BCUT2D eigenvalue weighted by Gasteiger charge is 2.35. The Kier molecular flexibility index (Phi) is 3.64. The largest absolute Gasteiger partial charge is 0.387 e. The predicted octanol–water partition coefficient (Wildman–Crippen LogP) is -1.09. The number of hydrogen-bond donors (Lipinski definition) is 4. The second-order valence-corrected chi connectivity index (χ2v) is 4.40. The van der Waals surface area contributed by atoms with Gasteiger partial charge in [0, 0.05) is 5.57 Å². The zero-order valence-corrected chi connectivity index (χ0v) is 9.16. The molecule has 5 heteroatoms. The predicted molar refractivity (Wildman–Crippen MR) is 56.5 cm³/mol. The maximum Gasteiger partial charge on any atom is 0.193 e. The number of allylic oxidation sites excluding steroid dienone is 1. The van der Waals surface area contributed by atoms with E-state index in [9.17, 15) is 25.2 Å². The fourth-order valence-electron chi connectivity index (χ4n) is 1.31. The molecule has 4 N–H and O–H groups in total. The quantitative estimate of drug-likeness (QED) is 0.481. The van der Waals surface area contributed by atoms with Gasteiger partial charge in [-0.25, -0.2) is 0 Å². The van der Waals surface area contributed by atoms with Crippen molar-refractivity contribution in [3.05, 3.63) is 23.8 Å². The molecular weight excluding hydrogens is 212 g/mol. The lowest BCUT2D eigenvalue weighted by molar-refractivity contribution is -0.134. The lowest BCUT2D eigenvalue weighted by atomic mass is 9.90. The molecule has 0 spiro atoms. The van der Waals surface area contributed by atoms with Crippen LogP contribution in [-0.4, -0.2) is 50.1 Å². The van der Waals surface area contributed by atoms with Crippen molar-refractivity contribution in [3.63, 3.8) is 0 Å². The van der Waals surface area contributed by atoms with Crippen LogP contribution in [0.15, 0.2) is 23.8 Å². The van der Waals surface area contributed by atoms with Crippen LogP contribution in [-0.2, 0) is 4.79 Å². The minimum atomic E-state index is -1.62. The van der Waals surface area contributed by atoms with Crippen LogP contribution in [0.2, 0.25) is 0 Å². The van der Waals surface area contributed by atoms with Gasteiger partial charge in [-0.15, -0.1) is 0 Å². The molecular formula is C11H16O5. The molecule has 0 aromatic rings. The maximum atomic E-state index is 11.5. The normalized spacial score (nSPS) is 32.0. The third kappa shape index (κ3) is 2.99. The van der Waals surface area contributed by atoms with E-state index in [0.717, 1.165) is 6.08 Å². The van der Waals surface area contributed by atoms with Gasteiger partial charge in [-0.05, 0) is 19.9 Å². The van der Waals surface area contributed by atoms with Gasteiger partial charge in [0.25, 0.3) is 0 Å². The van der Waals surface area contributed by atoms with E-state index in [0.29, 0.717) is 0 Å². The summed E-state index contributed by atoms with van der Waals surface area (Å²) in [5, 5.41) is 37.3. The first kappa shape index (κ1) is 13.1. The summed E-state index contributed by atoms with van der Waals surface area (Å²) < 4.78 is 0. The van der Waals surface area contributed by atoms with Crippen LogP contribution in [0.3, 0.4) is 0 Å². The SMILES string of the molecule is CC(C)(O)/C=C/C1=C[C@@H](O)[C@H](O)[C@@H](O)C1=O. The molecule has 0 radical (unpaired) electrons. The van der Waals surface area contributed by atoms with E-state index in [1.165, 1.54) is 26.0 Å². The van der Waals surface area contributed by atoms with Crippen LogP contribution < -0.4 is 0 Å². The Balaban J connectivity index is 2.93. The van der Waals surface area contributed by atoms with Crippen molar-refractivity contribution >= 4 is 5.78 Å². The standard InChI is InChI=1S/C11H16O5/c1-11(2,16)4-3-6-5-7(12)9(14)10(15)8(6)13/h3-5,7,9-10,12,14-16H,1-2H3/b4-3+/t7-,9+,10+/m1/s1. The van der Waals surface area contributed by atoms with Gasteiger partial charge in [0.15, 0.2) is 5.78 Å². The first-order chi connectivity index (χ1) is 7.22. The summed E-state index contributed by atoms with van der Waals surface area (Å²) in [6.07, 6.45) is -0.557. The van der Waals surface area contributed by atoms with Crippen molar-refractivity contribution in [1.82, 2.24) is 0 Å². The number of ketones is 1. The summed E-state index contributed by atoms with van der Waals surface area (Å²) in [7, 11) is 0. The van der Waals surface area contributed by atoms with E-state index in [2.05, 4.69) is 0 Å². The number of hydrogen-bond acceptors (Lipinski definition) is 5. The van der Waals surface area contributed by atoms with E-state index in [1.54, 1.807) is 0 Å². The van der Waals surface area contributed by atoms with Crippen LogP contribution in [0.5, 0.6) is 0 Å². The smallest absolute Gasteiger partial charge is 0.193 e. The average molecular weight is 228 g/mol. The first-order valence-electron chi connectivity index (χ1n) is 4.94. The van der Waals surface area contributed by atoms with Crippen LogP contribution in [0, 0.1) is 0 Å². The summed E-state index contributed by atoms with van der Waals surface area (Å²) in [5.74, 6) is -0.668. The zero-order chi connectivity index (χ0) is 12.5. The van der Waals surface area contributed by atoms with Gasteiger partial charge in [-0.3, -0.25) is 4.79 Å². The van der Waals surface area contributed by atoms with Gasteiger partial charge in [-0.1, -0.05) is 12.2 Å². The maximum absolute atomic E-state index is 11.5. The van der Waals surface area contributed by atoms with Crippen molar-refractivity contribution in [2.24, 2.45) is 0 Å². The molecule has 5 nitrogen and oxygen atoms in total. The molecule has 1 rings (SSSR count). The fraction of sp³-hybridized carbons (Fsp3) is 0.545. The van der Waals surface area contributed by atoms with Gasteiger partial charge in [-0.2, -0.15) is 0 Å². The first-order valence-corrected chi connectivity index (χ1v) is 4.94. The Morgan fingerprint density at radius 1 is 1.31 bits per heavy atom. The van der Waals surface area contributed by atoms with Gasteiger partial charge in [0.05, 0.1) is 5.60 Å². The van der Waals surface area contributed by atoms with Crippen LogP contribution in [0.25, 0.3) is 0 Å². The van der Waals surface area contributed by atoms with Gasteiger partial charge in [0.2, 0.25) is 0 Å². The number of aliphatic hydroxyl groups excluding tert-OH is 3. The molecule has 0 bridgehead atoms.